The van der Waals surface area contributed by atoms with Crippen LogP contribution in [0.3, 0.4) is 0 Å². The first-order valence-electron chi connectivity index (χ1n) is 1.77. The Balaban J connectivity index is 0. The molecule has 9 heavy (non-hydrogen) atoms. The van der Waals surface area contributed by atoms with Gasteiger partial charge in [0.2, 0.25) is 0 Å². The molecule has 48 valence electrons. The van der Waals surface area contributed by atoms with E-state index in [1.54, 1.807) is 0 Å². The second kappa shape index (κ2) is 6.07. The summed E-state index contributed by atoms with van der Waals surface area (Å²) in [5, 5.41) is 15.6. The second-order valence-corrected chi connectivity index (χ2v) is 1.01. The van der Waals surface area contributed by atoms with Gasteiger partial charge in [0.05, 0.1) is 0 Å². The molecule has 0 aliphatic heterocycles. The zero-order chi connectivity index (χ0) is 6.57. The fraction of sp³-hybridized carbons (Fsp3) is 0. The molecule has 0 spiro atoms. The summed E-state index contributed by atoms with van der Waals surface area (Å²) in [6.07, 6.45) is 1.12. The van der Waals surface area contributed by atoms with Crippen LogP contribution in [-0.2, 0) is 9.59 Å². The summed E-state index contributed by atoms with van der Waals surface area (Å²) in [5.41, 5.74) is 0. The number of carbonyl (C=O) groups is 2. The molecular weight excluding hydrogens is 152 g/mol. The molecule has 0 aromatic rings. The van der Waals surface area contributed by atoms with E-state index in [4.69, 9.17) is 10.2 Å². The Morgan fingerprint density at radius 1 is 1.00 bits per heavy atom. The number of rotatable bonds is 2. The number of aliphatic carboxylic acids is 2. The molecule has 0 unspecified atom stereocenters. The zero-order valence-electron chi connectivity index (χ0n) is 3.87. The van der Waals surface area contributed by atoms with Crippen LogP contribution in [0.5, 0.6) is 0 Å². The van der Waals surface area contributed by atoms with Gasteiger partial charge in [-0.05, 0) is 0 Å². The van der Waals surface area contributed by atoms with Crippen LogP contribution >= 0.6 is 0 Å². The van der Waals surface area contributed by atoms with Crippen LogP contribution < -0.4 is 0 Å². The van der Waals surface area contributed by atoms with E-state index in [1.165, 1.54) is 0 Å². The van der Waals surface area contributed by atoms with E-state index in [1.807, 2.05) is 0 Å². The number of carboxylic acid groups (broad SMARTS) is 2. The topological polar surface area (TPSA) is 74.6 Å². The Morgan fingerprint density at radius 3 is 1.33 bits per heavy atom. The molecule has 4 nitrogen and oxygen atoms in total. The van der Waals surface area contributed by atoms with Gasteiger partial charge in [-0.25, -0.2) is 9.59 Å². The van der Waals surface area contributed by atoms with Crippen molar-refractivity contribution in [2.24, 2.45) is 0 Å². The van der Waals surface area contributed by atoms with Crippen molar-refractivity contribution in [3.8, 4) is 0 Å². The summed E-state index contributed by atoms with van der Waals surface area (Å²) in [6.45, 7) is 0. The SMILES string of the molecule is O=C(O)/C=C\C(=O)O.[CaH2]. The molecule has 0 bridgehead atoms. The Labute approximate surface area is 81.2 Å². The van der Waals surface area contributed by atoms with Crippen LogP contribution in [0.1, 0.15) is 0 Å². The third-order valence-electron chi connectivity index (χ3n) is 0.368. The van der Waals surface area contributed by atoms with Gasteiger partial charge < -0.3 is 10.2 Å². The van der Waals surface area contributed by atoms with Crippen molar-refractivity contribution in [2.45, 2.75) is 0 Å². The van der Waals surface area contributed by atoms with Crippen molar-refractivity contribution in [1.29, 1.82) is 0 Å². The van der Waals surface area contributed by atoms with Crippen molar-refractivity contribution >= 4 is 49.7 Å². The van der Waals surface area contributed by atoms with E-state index in [-0.39, 0.29) is 37.7 Å². The van der Waals surface area contributed by atoms with Gasteiger partial charge in [0.25, 0.3) is 0 Å². The van der Waals surface area contributed by atoms with Crippen molar-refractivity contribution < 1.29 is 19.8 Å². The van der Waals surface area contributed by atoms with Crippen LogP contribution in [-0.4, -0.2) is 59.9 Å². The van der Waals surface area contributed by atoms with Gasteiger partial charge in [-0.2, -0.15) is 0 Å². The minimum absolute atomic E-state index is 0. The summed E-state index contributed by atoms with van der Waals surface area (Å²) in [4.78, 5) is 19.1. The van der Waals surface area contributed by atoms with E-state index in [9.17, 15) is 9.59 Å². The molecule has 0 amide bonds. The first-order chi connectivity index (χ1) is 3.63. The maximum absolute atomic E-state index is 9.55. The van der Waals surface area contributed by atoms with Gasteiger partial charge in [-0.15, -0.1) is 0 Å². The molecule has 0 radical (unpaired) electrons. The quantitative estimate of drug-likeness (QED) is 0.391. The first kappa shape index (κ1) is 11.7. The van der Waals surface area contributed by atoms with Crippen LogP contribution in [0, 0.1) is 0 Å². The third-order valence-corrected chi connectivity index (χ3v) is 0.368. The van der Waals surface area contributed by atoms with Gasteiger partial charge in [0.15, 0.2) is 0 Å². The fourth-order valence-electron chi connectivity index (χ4n) is 0.143. The molecule has 0 saturated heterocycles. The average Bonchev–Trinajstić information content (AvgIpc) is 1.61. The van der Waals surface area contributed by atoms with Gasteiger partial charge >= 0.3 is 49.7 Å². The van der Waals surface area contributed by atoms with Crippen molar-refractivity contribution in [3.63, 3.8) is 0 Å². The summed E-state index contributed by atoms with van der Waals surface area (Å²) in [5.74, 6) is -2.51. The molecule has 0 rings (SSSR count). The molecule has 0 saturated carbocycles. The Morgan fingerprint density at radius 2 is 1.22 bits per heavy atom. The molecule has 2 N–H and O–H groups in total. The Bertz CT molecular complexity index is 124. The van der Waals surface area contributed by atoms with Crippen LogP contribution in [0.25, 0.3) is 0 Å². The van der Waals surface area contributed by atoms with E-state index in [2.05, 4.69) is 0 Å². The van der Waals surface area contributed by atoms with E-state index in [0.29, 0.717) is 12.2 Å². The van der Waals surface area contributed by atoms with Gasteiger partial charge in [-0.1, -0.05) is 0 Å². The summed E-state index contributed by atoms with van der Waals surface area (Å²) < 4.78 is 0. The molecule has 0 heterocycles. The van der Waals surface area contributed by atoms with E-state index in [0.717, 1.165) is 0 Å². The van der Waals surface area contributed by atoms with E-state index >= 15 is 0 Å². The minimum atomic E-state index is -1.26. The first-order valence-corrected chi connectivity index (χ1v) is 1.77. The molecule has 0 fully saturated rings. The van der Waals surface area contributed by atoms with Crippen LogP contribution in [0.4, 0.5) is 0 Å². The Kier molecular flexibility index (Phi) is 7.89. The predicted molar refractivity (Wildman–Crippen MR) is 33.0 cm³/mol. The maximum atomic E-state index is 9.55. The van der Waals surface area contributed by atoms with Crippen molar-refractivity contribution in [1.82, 2.24) is 0 Å². The second-order valence-electron chi connectivity index (χ2n) is 1.01. The molecule has 0 aliphatic carbocycles. The predicted octanol–water partition coefficient (Wildman–Crippen LogP) is -1.20. The van der Waals surface area contributed by atoms with Crippen LogP contribution in [0.15, 0.2) is 12.2 Å². The normalized spacial score (nSPS) is 8.44. The summed E-state index contributed by atoms with van der Waals surface area (Å²) in [6, 6.07) is 0. The van der Waals surface area contributed by atoms with Crippen molar-refractivity contribution in [2.75, 3.05) is 0 Å². The molecule has 0 aromatic carbocycles. The molecule has 0 atom stereocenters. The third kappa shape index (κ3) is 11.5. The molecular formula is C4H6CaO4. The average molecular weight is 158 g/mol. The van der Waals surface area contributed by atoms with Gasteiger partial charge in [0, 0.05) is 12.2 Å². The standard InChI is InChI=1S/C4H4O4.Ca.2H/c5-3(6)1-2-4(7)8;;;/h1-2H,(H,5,6)(H,7,8);;;/b2-1-;;;. The summed E-state index contributed by atoms with van der Waals surface area (Å²) >= 11 is 0. The number of hydrogen-bond acceptors (Lipinski definition) is 2. The number of carboxylic acids is 2. The van der Waals surface area contributed by atoms with Crippen molar-refractivity contribution in [3.05, 3.63) is 12.2 Å². The van der Waals surface area contributed by atoms with Gasteiger partial charge in [-0.3, -0.25) is 0 Å². The van der Waals surface area contributed by atoms with E-state index < -0.39 is 11.9 Å². The van der Waals surface area contributed by atoms with Gasteiger partial charge in [0.1, 0.15) is 0 Å². The number of hydrogen-bond donors (Lipinski definition) is 2. The zero-order valence-corrected chi connectivity index (χ0v) is 3.87. The molecule has 5 heteroatoms. The van der Waals surface area contributed by atoms with Crippen LogP contribution in [0.2, 0.25) is 0 Å². The summed E-state index contributed by atoms with van der Waals surface area (Å²) in [7, 11) is 0. The molecule has 0 aliphatic rings. The molecule has 0 aromatic heterocycles. The fourth-order valence-corrected chi connectivity index (χ4v) is 0.143. The monoisotopic (exact) mass is 158 g/mol. The Hall–Kier alpha value is -0.0603.